The maximum Gasteiger partial charge on any atom is 0.292 e. The van der Waals surface area contributed by atoms with Crippen molar-refractivity contribution in [3.8, 4) is 6.07 Å². The fourth-order valence-electron chi connectivity index (χ4n) is 2.93. The minimum absolute atomic E-state index is 0.292. The number of nitriles is 1. The summed E-state index contributed by atoms with van der Waals surface area (Å²) in [7, 11) is 0. The molecule has 4 heteroatoms. The summed E-state index contributed by atoms with van der Waals surface area (Å²) < 4.78 is 0.292. The molecule has 0 aromatic carbocycles. The van der Waals surface area contributed by atoms with Gasteiger partial charge in [-0.25, -0.2) is 4.98 Å². The Morgan fingerprint density at radius 3 is 2.79 bits per heavy atom. The van der Waals surface area contributed by atoms with Crippen molar-refractivity contribution < 1.29 is 4.98 Å². The molecule has 19 heavy (non-hydrogen) atoms. The van der Waals surface area contributed by atoms with Crippen molar-refractivity contribution in [2.45, 2.75) is 43.6 Å². The summed E-state index contributed by atoms with van der Waals surface area (Å²) in [5, 5.41) is 9.38. The van der Waals surface area contributed by atoms with E-state index in [0.717, 1.165) is 36.6 Å². The van der Waals surface area contributed by atoms with Crippen LogP contribution in [-0.2, 0) is 12.2 Å². The molecule has 0 saturated carbocycles. The van der Waals surface area contributed by atoms with Crippen LogP contribution in [0.5, 0.6) is 0 Å². The largest absolute Gasteiger partial charge is 0.292 e. The van der Waals surface area contributed by atoms with Gasteiger partial charge in [-0.2, -0.15) is 17.0 Å². The zero-order valence-corrected chi connectivity index (χ0v) is 12.4. The number of pyridine rings is 1. The summed E-state index contributed by atoms with van der Waals surface area (Å²) in [5.41, 5.74) is 3.44. The topological polar surface area (TPSA) is 41.2 Å². The monoisotopic (exact) mass is 274 g/mol. The van der Waals surface area contributed by atoms with Crippen LogP contribution < -0.4 is 9.88 Å². The number of hydrogen-bond donors (Lipinski definition) is 0. The fourth-order valence-corrected chi connectivity index (χ4v) is 3.98. The smallest absolute Gasteiger partial charge is 0.261 e. The minimum atomic E-state index is 0.292. The molecule has 1 aromatic heterocycles. The second kappa shape index (κ2) is 4.72. The van der Waals surface area contributed by atoms with Crippen molar-refractivity contribution in [1.82, 2.24) is 0 Å². The molecule has 2 aliphatic heterocycles. The van der Waals surface area contributed by atoms with Gasteiger partial charge < -0.3 is 0 Å². The molecule has 3 heterocycles. The number of fused-ring (bicyclic) bond motifs is 1. The number of nitrogens with one attached hydrogen (secondary N) is 1. The number of H-pyrrole nitrogens is 1. The molecule has 3 rings (SSSR count). The number of nitrogens with zero attached hydrogens (tertiary/aromatic N) is 2. The third-order valence-corrected chi connectivity index (χ3v) is 5.38. The van der Waals surface area contributed by atoms with Crippen LogP contribution in [0.3, 0.4) is 0 Å². The quantitative estimate of drug-likeness (QED) is 0.790. The fraction of sp³-hybridized carbons (Fsp3) is 0.600. The van der Waals surface area contributed by atoms with Crippen LogP contribution in [0.2, 0.25) is 0 Å². The van der Waals surface area contributed by atoms with Gasteiger partial charge in [0, 0.05) is 22.5 Å². The lowest BCUT2D eigenvalue weighted by molar-refractivity contribution is -0.378. The summed E-state index contributed by atoms with van der Waals surface area (Å²) in [6.07, 6.45) is 3.52. The molecular weight excluding hydrogens is 254 g/mol. The number of hydrogen-bond acceptors (Lipinski definition) is 3. The van der Waals surface area contributed by atoms with E-state index in [9.17, 15) is 5.26 Å². The summed E-state index contributed by atoms with van der Waals surface area (Å²) >= 11 is 1.98. The number of aromatic nitrogens is 1. The van der Waals surface area contributed by atoms with Gasteiger partial charge in [0.05, 0.1) is 13.1 Å². The van der Waals surface area contributed by atoms with Crippen molar-refractivity contribution in [3.63, 3.8) is 0 Å². The van der Waals surface area contributed by atoms with Crippen molar-refractivity contribution in [2.24, 2.45) is 0 Å². The Labute approximate surface area is 119 Å². The Morgan fingerprint density at radius 1 is 1.37 bits per heavy atom. The van der Waals surface area contributed by atoms with Crippen molar-refractivity contribution in [2.75, 3.05) is 18.0 Å². The summed E-state index contributed by atoms with van der Waals surface area (Å²) in [5.74, 6) is 2.05. The van der Waals surface area contributed by atoms with E-state index < -0.39 is 0 Å². The van der Waals surface area contributed by atoms with E-state index in [4.69, 9.17) is 0 Å². The minimum Gasteiger partial charge on any atom is -0.261 e. The maximum absolute atomic E-state index is 9.38. The molecule has 1 N–H and O–H groups in total. The first-order valence-corrected chi connectivity index (χ1v) is 7.95. The second-order valence-electron chi connectivity index (χ2n) is 6.07. The lowest BCUT2D eigenvalue weighted by Crippen LogP contribution is -2.35. The Morgan fingerprint density at radius 2 is 2.11 bits per heavy atom. The van der Waals surface area contributed by atoms with Crippen LogP contribution in [0, 0.1) is 11.3 Å². The molecule has 3 nitrogen and oxygen atoms in total. The van der Waals surface area contributed by atoms with E-state index in [1.165, 1.54) is 24.1 Å². The number of anilines is 1. The number of aromatic amines is 1. The zero-order chi connectivity index (χ0) is 13.5. The lowest BCUT2D eigenvalue weighted by atomic mass is 10.0. The third kappa shape index (κ3) is 2.44. The van der Waals surface area contributed by atoms with Gasteiger partial charge in [-0.15, -0.1) is 0 Å². The first-order chi connectivity index (χ1) is 9.09. The predicted octanol–water partition coefficient (Wildman–Crippen LogP) is 2.54. The average molecular weight is 274 g/mol. The van der Waals surface area contributed by atoms with Gasteiger partial charge in [0.1, 0.15) is 17.3 Å². The standard InChI is InChI=1S/C15H19N3S/c1-15(2)8-13-12(10-19-15)7-11(9-16)14(17-13)18-5-3-4-6-18/h7H,3-6,8,10H2,1-2H3/p+1. The third-order valence-electron chi connectivity index (χ3n) is 3.99. The van der Waals surface area contributed by atoms with Crippen molar-refractivity contribution in [3.05, 3.63) is 22.9 Å². The van der Waals surface area contributed by atoms with Gasteiger partial charge in [-0.05, 0) is 18.9 Å². The summed E-state index contributed by atoms with van der Waals surface area (Å²) in [6, 6.07) is 4.46. The zero-order valence-electron chi connectivity index (χ0n) is 11.6. The molecule has 1 saturated heterocycles. The second-order valence-corrected chi connectivity index (χ2v) is 7.75. The highest BCUT2D eigenvalue weighted by Gasteiger charge is 2.32. The SMILES string of the molecule is CC1(C)Cc2[nH+]c(N3CCCC3)c(C#N)cc2CS1. The van der Waals surface area contributed by atoms with Gasteiger partial charge in [0.2, 0.25) is 0 Å². The normalized spacial score (nSPS) is 21.0. The molecule has 0 unspecified atom stereocenters. The molecule has 1 aromatic rings. The highest BCUT2D eigenvalue weighted by molar-refractivity contribution is 7.99. The lowest BCUT2D eigenvalue weighted by Gasteiger charge is -2.29. The van der Waals surface area contributed by atoms with Gasteiger partial charge in [-0.1, -0.05) is 13.8 Å². The molecule has 0 bridgehead atoms. The van der Waals surface area contributed by atoms with E-state index in [-0.39, 0.29) is 0 Å². The highest BCUT2D eigenvalue weighted by Crippen LogP contribution is 2.37. The first kappa shape index (κ1) is 12.8. The van der Waals surface area contributed by atoms with Gasteiger partial charge in [-0.3, -0.25) is 4.90 Å². The van der Waals surface area contributed by atoms with E-state index in [2.05, 4.69) is 35.9 Å². The molecule has 0 aliphatic carbocycles. The maximum atomic E-state index is 9.38. The van der Waals surface area contributed by atoms with Crippen molar-refractivity contribution >= 4 is 17.6 Å². The highest BCUT2D eigenvalue weighted by atomic mass is 32.2. The Kier molecular flexibility index (Phi) is 3.18. The molecular formula is C15H20N3S+. The number of rotatable bonds is 1. The predicted molar refractivity (Wildman–Crippen MR) is 78.2 cm³/mol. The summed E-state index contributed by atoms with van der Waals surface area (Å²) in [6.45, 7) is 6.73. The van der Waals surface area contributed by atoms with Crippen molar-refractivity contribution in [1.29, 1.82) is 5.26 Å². The van der Waals surface area contributed by atoms with Crippen LogP contribution in [0.25, 0.3) is 0 Å². The van der Waals surface area contributed by atoms with E-state index in [1.54, 1.807) is 0 Å². The Hall–Kier alpha value is -1.21. The van der Waals surface area contributed by atoms with Gasteiger partial charge in [0.15, 0.2) is 0 Å². The molecule has 0 atom stereocenters. The molecule has 0 radical (unpaired) electrons. The Bertz CT molecular complexity index is 539. The molecule has 2 aliphatic rings. The molecule has 100 valence electrons. The Balaban J connectivity index is 2.03. The van der Waals surface area contributed by atoms with E-state index in [0.29, 0.717) is 4.75 Å². The van der Waals surface area contributed by atoms with Crippen LogP contribution in [-0.4, -0.2) is 17.8 Å². The van der Waals surface area contributed by atoms with Crippen LogP contribution in [0.1, 0.15) is 43.5 Å². The summed E-state index contributed by atoms with van der Waals surface area (Å²) in [4.78, 5) is 5.90. The average Bonchev–Trinajstić information content (AvgIpc) is 2.90. The van der Waals surface area contributed by atoms with Crippen LogP contribution in [0.4, 0.5) is 5.82 Å². The van der Waals surface area contributed by atoms with E-state index >= 15 is 0 Å². The molecule has 0 spiro atoms. The molecule has 0 amide bonds. The van der Waals surface area contributed by atoms with E-state index in [1.807, 2.05) is 11.8 Å². The van der Waals surface area contributed by atoms with Gasteiger partial charge in [0.25, 0.3) is 5.82 Å². The van der Waals surface area contributed by atoms with Gasteiger partial charge >= 0.3 is 0 Å². The molecule has 1 fully saturated rings. The van der Waals surface area contributed by atoms with Crippen LogP contribution in [0.15, 0.2) is 6.07 Å². The first-order valence-electron chi connectivity index (χ1n) is 6.96. The number of thioether (sulfide) groups is 1. The van der Waals surface area contributed by atoms with Crippen LogP contribution >= 0.6 is 11.8 Å².